The average Bonchev–Trinajstić information content (AvgIpc) is 2.44. The van der Waals surface area contributed by atoms with E-state index in [4.69, 9.17) is 4.74 Å². The summed E-state index contributed by atoms with van der Waals surface area (Å²) in [5.74, 6) is -0.903. The van der Waals surface area contributed by atoms with Crippen LogP contribution in [-0.4, -0.2) is 42.2 Å². The van der Waals surface area contributed by atoms with E-state index in [9.17, 15) is 14.0 Å². The van der Waals surface area contributed by atoms with E-state index in [1.165, 1.54) is 11.0 Å². The highest BCUT2D eigenvalue weighted by Crippen LogP contribution is 2.21. The molecule has 0 radical (unpaired) electrons. The summed E-state index contributed by atoms with van der Waals surface area (Å²) in [6.45, 7) is 4.12. The minimum atomic E-state index is -0.432. The molecule has 6 heteroatoms. The van der Waals surface area contributed by atoms with E-state index in [-0.39, 0.29) is 30.6 Å². The first-order valence-electron chi connectivity index (χ1n) is 6.39. The van der Waals surface area contributed by atoms with Gasteiger partial charge in [-0.1, -0.05) is 12.1 Å². The minimum Gasteiger partial charge on any atom is -0.465 e. The third kappa shape index (κ3) is 5.21. The standard InChI is InChI=1S/C14H18FNO3S/c1-3-16(9-14(18)19-4-2)13(17)10-20-12-8-6-5-7-11(12)15/h5-8H,3-4,9-10H2,1-2H3. The Balaban J connectivity index is 2.51. The molecule has 0 aliphatic rings. The third-order valence-electron chi connectivity index (χ3n) is 2.55. The van der Waals surface area contributed by atoms with Gasteiger partial charge < -0.3 is 9.64 Å². The maximum absolute atomic E-state index is 13.4. The van der Waals surface area contributed by atoms with Crippen LogP contribution in [0.15, 0.2) is 29.2 Å². The first-order chi connectivity index (χ1) is 9.58. The van der Waals surface area contributed by atoms with Crippen LogP contribution in [0.2, 0.25) is 0 Å². The summed E-state index contributed by atoms with van der Waals surface area (Å²) in [6.07, 6.45) is 0. The van der Waals surface area contributed by atoms with Gasteiger partial charge in [-0.3, -0.25) is 9.59 Å². The van der Waals surface area contributed by atoms with Crippen molar-refractivity contribution in [2.45, 2.75) is 18.7 Å². The van der Waals surface area contributed by atoms with E-state index < -0.39 is 5.97 Å². The van der Waals surface area contributed by atoms with Crippen LogP contribution in [0.1, 0.15) is 13.8 Å². The van der Waals surface area contributed by atoms with E-state index in [0.29, 0.717) is 11.4 Å². The van der Waals surface area contributed by atoms with Crippen LogP contribution in [0.5, 0.6) is 0 Å². The molecule has 0 aromatic heterocycles. The lowest BCUT2D eigenvalue weighted by Gasteiger charge is -2.19. The number of likely N-dealkylation sites (N-methyl/N-ethyl adjacent to an activating group) is 1. The van der Waals surface area contributed by atoms with Gasteiger partial charge in [0.2, 0.25) is 5.91 Å². The number of carbonyl (C=O) groups excluding carboxylic acids is 2. The molecule has 0 spiro atoms. The Bertz CT molecular complexity index is 467. The van der Waals surface area contributed by atoms with Crippen molar-refractivity contribution < 1.29 is 18.7 Å². The van der Waals surface area contributed by atoms with Gasteiger partial charge in [0.05, 0.1) is 12.4 Å². The molecule has 110 valence electrons. The van der Waals surface area contributed by atoms with Crippen molar-refractivity contribution in [1.82, 2.24) is 4.90 Å². The van der Waals surface area contributed by atoms with Crippen molar-refractivity contribution in [3.63, 3.8) is 0 Å². The smallest absolute Gasteiger partial charge is 0.325 e. The van der Waals surface area contributed by atoms with Gasteiger partial charge in [-0.25, -0.2) is 4.39 Å². The molecule has 0 unspecified atom stereocenters. The minimum absolute atomic E-state index is 0.0684. The second kappa shape index (κ2) is 8.58. The quantitative estimate of drug-likeness (QED) is 0.572. The number of benzene rings is 1. The highest BCUT2D eigenvalue weighted by molar-refractivity contribution is 8.00. The van der Waals surface area contributed by atoms with Gasteiger partial charge in [0, 0.05) is 11.4 Å². The number of nitrogens with zero attached hydrogens (tertiary/aromatic N) is 1. The van der Waals surface area contributed by atoms with Crippen LogP contribution in [0.25, 0.3) is 0 Å². The summed E-state index contributed by atoms with van der Waals surface area (Å²) in [6, 6.07) is 6.28. The van der Waals surface area contributed by atoms with Crippen LogP contribution in [0.4, 0.5) is 4.39 Å². The Hall–Kier alpha value is -1.56. The monoisotopic (exact) mass is 299 g/mol. The molecule has 20 heavy (non-hydrogen) atoms. The molecule has 1 amide bonds. The maximum atomic E-state index is 13.4. The van der Waals surface area contributed by atoms with E-state index in [1.54, 1.807) is 32.0 Å². The van der Waals surface area contributed by atoms with Gasteiger partial charge in [-0.2, -0.15) is 0 Å². The van der Waals surface area contributed by atoms with Crippen molar-refractivity contribution in [2.24, 2.45) is 0 Å². The Labute approximate surface area is 122 Å². The maximum Gasteiger partial charge on any atom is 0.325 e. The van der Waals surface area contributed by atoms with Crippen molar-refractivity contribution in [3.05, 3.63) is 30.1 Å². The molecule has 1 aromatic carbocycles. The van der Waals surface area contributed by atoms with Gasteiger partial charge in [-0.15, -0.1) is 11.8 Å². The highest BCUT2D eigenvalue weighted by atomic mass is 32.2. The van der Waals surface area contributed by atoms with Crippen LogP contribution in [-0.2, 0) is 14.3 Å². The zero-order valence-corrected chi connectivity index (χ0v) is 12.4. The molecule has 0 saturated carbocycles. The first kappa shape index (κ1) is 16.5. The molecular formula is C14H18FNO3S. The lowest BCUT2D eigenvalue weighted by atomic mass is 10.3. The predicted molar refractivity (Wildman–Crippen MR) is 76.0 cm³/mol. The normalized spacial score (nSPS) is 10.2. The van der Waals surface area contributed by atoms with Crippen LogP contribution >= 0.6 is 11.8 Å². The summed E-state index contributed by atoms with van der Waals surface area (Å²) in [7, 11) is 0. The number of amides is 1. The zero-order chi connectivity index (χ0) is 15.0. The second-order valence-corrected chi connectivity index (χ2v) is 4.95. The fraction of sp³-hybridized carbons (Fsp3) is 0.429. The van der Waals surface area contributed by atoms with Gasteiger partial charge >= 0.3 is 5.97 Å². The van der Waals surface area contributed by atoms with Crippen molar-refractivity contribution >= 4 is 23.6 Å². The third-order valence-corrected chi connectivity index (χ3v) is 3.58. The number of ether oxygens (including phenoxy) is 1. The molecule has 0 atom stereocenters. The number of halogens is 1. The van der Waals surface area contributed by atoms with Crippen LogP contribution in [0, 0.1) is 5.82 Å². The molecular weight excluding hydrogens is 281 g/mol. The molecule has 1 aromatic rings. The Kier molecular flexibility index (Phi) is 7.08. The number of hydrogen-bond donors (Lipinski definition) is 0. The van der Waals surface area contributed by atoms with Gasteiger partial charge in [0.15, 0.2) is 0 Å². The SMILES string of the molecule is CCOC(=O)CN(CC)C(=O)CSc1ccccc1F. The van der Waals surface area contributed by atoms with Crippen molar-refractivity contribution in [3.8, 4) is 0 Å². The summed E-state index contributed by atoms with van der Waals surface area (Å²) in [5.41, 5.74) is 0. The molecule has 0 fully saturated rings. The predicted octanol–water partition coefficient (Wildman–Crippen LogP) is 2.33. The number of thioether (sulfide) groups is 1. The van der Waals surface area contributed by atoms with E-state index >= 15 is 0 Å². The van der Waals surface area contributed by atoms with Crippen LogP contribution < -0.4 is 0 Å². The van der Waals surface area contributed by atoms with Gasteiger partial charge in [0.1, 0.15) is 12.4 Å². The molecule has 0 N–H and O–H groups in total. The van der Waals surface area contributed by atoms with E-state index in [0.717, 1.165) is 11.8 Å². The van der Waals surface area contributed by atoms with Crippen molar-refractivity contribution in [2.75, 3.05) is 25.4 Å². The molecule has 0 saturated heterocycles. The van der Waals surface area contributed by atoms with E-state index in [1.807, 2.05) is 0 Å². The summed E-state index contributed by atoms with van der Waals surface area (Å²) < 4.78 is 18.2. The Morgan fingerprint density at radius 3 is 2.60 bits per heavy atom. The highest BCUT2D eigenvalue weighted by Gasteiger charge is 2.16. The molecule has 0 heterocycles. The summed E-state index contributed by atoms with van der Waals surface area (Å²) in [5, 5.41) is 0. The fourth-order valence-electron chi connectivity index (χ4n) is 1.53. The van der Waals surface area contributed by atoms with E-state index in [2.05, 4.69) is 0 Å². The van der Waals surface area contributed by atoms with Gasteiger partial charge in [-0.05, 0) is 26.0 Å². The summed E-state index contributed by atoms with van der Waals surface area (Å²) >= 11 is 1.12. The van der Waals surface area contributed by atoms with Crippen molar-refractivity contribution in [1.29, 1.82) is 0 Å². The van der Waals surface area contributed by atoms with Gasteiger partial charge in [0.25, 0.3) is 0 Å². The molecule has 0 bridgehead atoms. The zero-order valence-electron chi connectivity index (χ0n) is 11.6. The number of hydrogen-bond acceptors (Lipinski definition) is 4. The summed E-state index contributed by atoms with van der Waals surface area (Å²) in [4.78, 5) is 25.2. The molecule has 4 nitrogen and oxygen atoms in total. The molecule has 0 aliphatic carbocycles. The Morgan fingerprint density at radius 1 is 1.30 bits per heavy atom. The lowest BCUT2D eigenvalue weighted by Crippen LogP contribution is -2.37. The molecule has 0 aliphatic heterocycles. The molecule has 1 rings (SSSR count). The number of esters is 1. The number of rotatable bonds is 7. The first-order valence-corrected chi connectivity index (χ1v) is 7.37. The fourth-order valence-corrected chi connectivity index (χ4v) is 2.37. The van der Waals surface area contributed by atoms with Crippen LogP contribution in [0.3, 0.4) is 0 Å². The average molecular weight is 299 g/mol. The largest absolute Gasteiger partial charge is 0.465 e. The Morgan fingerprint density at radius 2 is 2.00 bits per heavy atom. The second-order valence-electron chi connectivity index (χ2n) is 3.93. The lowest BCUT2D eigenvalue weighted by molar-refractivity contribution is -0.148. The topological polar surface area (TPSA) is 46.6 Å². The number of carbonyl (C=O) groups is 2.